The molecule has 3 N–H and O–H groups in total. The largest absolute Gasteiger partial charge is 0.416 e. The van der Waals surface area contributed by atoms with Gasteiger partial charge in [-0.1, -0.05) is 12.1 Å². The second kappa shape index (κ2) is 6.16. The highest BCUT2D eigenvalue weighted by atomic mass is 19.4. The number of benzene rings is 1. The summed E-state index contributed by atoms with van der Waals surface area (Å²) in [6.45, 7) is 2.18. The number of alkyl halides is 3. The first-order chi connectivity index (χ1) is 11.4. The van der Waals surface area contributed by atoms with E-state index in [4.69, 9.17) is 10.5 Å². The molecular weight excluding hydrogens is 325 g/mol. The third-order valence-electron chi connectivity index (χ3n) is 3.75. The topological polar surface area (TPSA) is 84.2 Å². The summed E-state index contributed by atoms with van der Waals surface area (Å²) in [6, 6.07) is 4.23. The van der Waals surface area contributed by atoms with Crippen molar-refractivity contribution >= 4 is 11.8 Å². The highest BCUT2D eigenvalue weighted by Crippen LogP contribution is 2.31. The number of ether oxygens (including phenoxy) is 1. The van der Waals surface area contributed by atoms with Crippen LogP contribution in [0.4, 0.5) is 24.9 Å². The molecule has 1 aliphatic heterocycles. The van der Waals surface area contributed by atoms with E-state index in [2.05, 4.69) is 9.97 Å². The number of nitrogens with zero attached hydrogens (tertiary/aromatic N) is 2. The molecule has 24 heavy (non-hydrogen) atoms. The fraction of sp³-hybridized carbons (Fsp3) is 0.333. The molecule has 0 atom stereocenters. The van der Waals surface area contributed by atoms with Gasteiger partial charge in [0.05, 0.1) is 24.3 Å². The van der Waals surface area contributed by atoms with Crippen LogP contribution in [-0.4, -0.2) is 36.3 Å². The van der Waals surface area contributed by atoms with Crippen LogP contribution in [0.2, 0.25) is 0 Å². The van der Waals surface area contributed by atoms with Gasteiger partial charge in [0.2, 0.25) is 5.95 Å². The molecule has 0 aliphatic carbocycles. The number of morpholine rings is 1. The Hall–Kier alpha value is -2.55. The van der Waals surface area contributed by atoms with Crippen LogP contribution in [0.1, 0.15) is 5.56 Å². The fourth-order valence-electron chi connectivity index (χ4n) is 2.51. The molecule has 0 spiro atoms. The Morgan fingerprint density at radius 2 is 1.79 bits per heavy atom. The summed E-state index contributed by atoms with van der Waals surface area (Å²) in [5.74, 6) is 0.302. The van der Waals surface area contributed by atoms with Crippen LogP contribution in [0.5, 0.6) is 0 Å². The summed E-state index contributed by atoms with van der Waals surface area (Å²) in [5, 5.41) is 0. The lowest BCUT2D eigenvalue weighted by atomic mass is 10.1. The van der Waals surface area contributed by atoms with Crippen molar-refractivity contribution in [3.8, 4) is 11.1 Å². The summed E-state index contributed by atoms with van der Waals surface area (Å²) in [6.07, 6.45) is -4.44. The Morgan fingerprint density at radius 3 is 2.33 bits per heavy atom. The first-order valence-corrected chi connectivity index (χ1v) is 7.26. The number of aromatic amines is 1. The number of halogens is 3. The summed E-state index contributed by atoms with van der Waals surface area (Å²) < 4.78 is 43.1. The molecule has 1 aromatic heterocycles. The minimum atomic E-state index is -4.44. The van der Waals surface area contributed by atoms with E-state index in [1.165, 1.54) is 12.1 Å². The van der Waals surface area contributed by atoms with E-state index in [0.29, 0.717) is 32.3 Å². The second-order valence-corrected chi connectivity index (χ2v) is 5.32. The zero-order valence-corrected chi connectivity index (χ0v) is 12.6. The molecule has 0 bridgehead atoms. The summed E-state index contributed by atoms with van der Waals surface area (Å²) in [7, 11) is 0. The Balaban J connectivity index is 1.95. The van der Waals surface area contributed by atoms with Crippen LogP contribution in [0, 0.1) is 0 Å². The third-order valence-corrected chi connectivity index (χ3v) is 3.75. The van der Waals surface area contributed by atoms with Crippen LogP contribution < -0.4 is 16.2 Å². The lowest BCUT2D eigenvalue weighted by Crippen LogP contribution is -2.38. The van der Waals surface area contributed by atoms with E-state index in [0.717, 1.165) is 12.1 Å². The van der Waals surface area contributed by atoms with Gasteiger partial charge in [0, 0.05) is 13.1 Å². The SMILES string of the molecule is Nc1nc(N2CCOCC2)[nH]c(=O)c1-c1ccc(C(F)(F)F)cc1. The van der Waals surface area contributed by atoms with Gasteiger partial charge in [0.25, 0.3) is 5.56 Å². The molecule has 1 fully saturated rings. The van der Waals surface area contributed by atoms with E-state index in [9.17, 15) is 18.0 Å². The van der Waals surface area contributed by atoms with Crippen LogP contribution in [0.25, 0.3) is 11.1 Å². The lowest BCUT2D eigenvalue weighted by molar-refractivity contribution is -0.137. The molecule has 0 radical (unpaired) electrons. The standard InChI is InChI=1S/C15H15F3N4O2/c16-15(17,18)10-3-1-9(2-4-10)11-12(19)20-14(21-13(11)23)22-5-7-24-8-6-22/h1-4H,5-8H2,(H3,19,20,21,23). The van der Waals surface area contributed by atoms with E-state index < -0.39 is 17.3 Å². The highest BCUT2D eigenvalue weighted by Gasteiger charge is 2.30. The van der Waals surface area contributed by atoms with Crippen molar-refractivity contribution in [3.63, 3.8) is 0 Å². The number of nitrogens with two attached hydrogens (primary N) is 1. The lowest BCUT2D eigenvalue weighted by Gasteiger charge is -2.27. The van der Waals surface area contributed by atoms with E-state index in [-0.39, 0.29) is 16.9 Å². The Morgan fingerprint density at radius 1 is 1.17 bits per heavy atom. The zero-order chi connectivity index (χ0) is 17.3. The van der Waals surface area contributed by atoms with E-state index in [1.807, 2.05) is 4.90 Å². The Labute approximate surface area is 135 Å². The highest BCUT2D eigenvalue weighted by molar-refractivity contribution is 5.73. The Kier molecular flexibility index (Phi) is 4.18. The number of hydrogen-bond acceptors (Lipinski definition) is 5. The molecule has 0 unspecified atom stereocenters. The molecule has 1 aromatic carbocycles. The smallest absolute Gasteiger partial charge is 0.383 e. The molecule has 128 valence electrons. The summed E-state index contributed by atoms with van der Waals surface area (Å²) in [5.41, 5.74) is 4.92. The Bertz CT molecular complexity index is 781. The number of nitrogens with one attached hydrogen (secondary N) is 1. The van der Waals surface area contributed by atoms with Gasteiger partial charge >= 0.3 is 6.18 Å². The minimum Gasteiger partial charge on any atom is -0.383 e. The van der Waals surface area contributed by atoms with Gasteiger partial charge < -0.3 is 15.4 Å². The first kappa shape index (κ1) is 16.3. The van der Waals surface area contributed by atoms with Crippen molar-refractivity contribution in [2.45, 2.75) is 6.18 Å². The first-order valence-electron chi connectivity index (χ1n) is 7.26. The monoisotopic (exact) mass is 340 g/mol. The molecule has 0 amide bonds. The molecule has 1 saturated heterocycles. The van der Waals surface area contributed by atoms with Crippen LogP contribution in [-0.2, 0) is 10.9 Å². The molecule has 0 saturated carbocycles. The minimum absolute atomic E-state index is 0.0278. The molecule has 3 rings (SSSR count). The summed E-state index contributed by atoms with van der Waals surface area (Å²) >= 11 is 0. The van der Waals surface area contributed by atoms with Crippen LogP contribution in [0.3, 0.4) is 0 Å². The van der Waals surface area contributed by atoms with Crippen LogP contribution in [0.15, 0.2) is 29.1 Å². The van der Waals surface area contributed by atoms with Gasteiger partial charge in [-0.2, -0.15) is 18.2 Å². The van der Waals surface area contributed by atoms with Crippen molar-refractivity contribution in [1.29, 1.82) is 0 Å². The number of nitrogen functional groups attached to an aromatic ring is 1. The van der Waals surface area contributed by atoms with Gasteiger partial charge in [-0.05, 0) is 17.7 Å². The quantitative estimate of drug-likeness (QED) is 0.872. The fourth-order valence-corrected chi connectivity index (χ4v) is 2.51. The summed E-state index contributed by atoms with van der Waals surface area (Å²) in [4.78, 5) is 21.0. The normalized spacial score (nSPS) is 15.5. The van der Waals surface area contributed by atoms with E-state index >= 15 is 0 Å². The molecule has 2 aromatic rings. The van der Waals surface area contributed by atoms with Gasteiger partial charge in [-0.15, -0.1) is 0 Å². The third kappa shape index (κ3) is 3.21. The van der Waals surface area contributed by atoms with Gasteiger partial charge in [-0.25, -0.2) is 0 Å². The number of aromatic nitrogens is 2. The average molecular weight is 340 g/mol. The number of rotatable bonds is 2. The predicted molar refractivity (Wildman–Crippen MR) is 82.7 cm³/mol. The predicted octanol–water partition coefficient (Wildman–Crippen LogP) is 1.87. The molecular formula is C15H15F3N4O2. The van der Waals surface area contributed by atoms with Gasteiger partial charge in [0.15, 0.2) is 0 Å². The van der Waals surface area contributed by atoms with Crippen molar-refractivity contribution in [3.05, 3.63) is 40.2 Å². The number of anilines is 2. The number of hydrogen-bond donors (Lipinski definition) is 2. The molecule has 6 nitrogen and oxygen atoms in total. The second-order valence-electron chi connectivity index (χ2n) is 5.32. The van der Waals surface area contributed by atoms with Crippen molar-refractivity contribution in [1.82, 2.24) is 9.97 Å². The zero-order valence-electron chi connectivity index (χ0n) is 12.6. The molecule has 9 heteroatoms. The average Bonchev–Trinajstić information content (AvgIpc) is 2.54. The molecule has 2 heterocycles. The maximum Gasteiger partial charge on any atom is 0.416 e. The maximum absolute atomic E-state index is 12.6. The van der Waals surface area contributed by atoms with E-state index in [1.54, 1.807) is 0 Å². The van der Waals surface area contributed by atoms with Gasteiger partial charge in [-0.3, -0.25) is 9.78 Å². The van der Waals surface area contributed by atoms with Crippen molar-refractivity contribution in [2.24, 2.45) is 0 Å². The van der Waals surface area contributed by atoms with Gasteiger partial charge in [0.1, 0.15) is 5.82 Å². The number of H-pyrrole nitrogens is 1. The van der Waals surface area contributed by atoms with Crippen LogP contribution >= 0.6 is 0 Å². The van der Waals surface area contributed by atoms with Crippen molar-refractivity contribution < 1.29 is 17.9 Å². The van der Waals surface area contributed by atoms with Crippen molar-refractivity contribution in [2.75, 3.05) is 36.9 Å². The maximum atomic E-state index is 12.6. The molecule has 1 aliphatic rings.